The summed E-state index contributed by atoms with van der Waals surface area (Å²) < 4.78 is 17.3. The molecule has 0 atom stereocenters. The van der Waals surface area contributed by atoms with Crippen LogP contribution in [0.25, 0.3) is 0 Å². The van der Waals surface area contributed by atoms with Crippen molar-refractivity contribution >= 4 is 11.7 Å². The molecule has 1 aromatic heterocycles. The highest BCUT2D eigenvalue weighted by molar-refractivity contribution is 5.92. The zero-order valence-corrected chi connectivity index (χ0v) is 16.2. The molecule has 3 heterocycles. The Bertz CT molecular complexity index is 874. The maximum Gasteiger partial charge on any atom is 0.250 e. The number of rotatable bonds is 4. The van der Waals surface area contributed by atoms with Gasteiger partial charge in [-0.2, -0.15) is 0 Å². The van der Waals surface area contributed by atoms with E-state index in [-0.39, 0.29) is 5.60 Å². The third kappa shape index (κ3) is 3.16. The van der Waals surface area contributed by atoms with Crippen LogP contribution in [0, 0.1) is 0 Å². The van der Waals surface area contributed by atoms with Gasteiger partial charge in [-0.15, -0.1) is 0 Å². The van der Waals surface area contributed by atoms with Gasteiger partial charge < -0.3 is 24.8 Å². The normalized spacial score (nSPS) is 17.9. The molecular weight excluding hydrogens is 358 g/mol. The van der Waals surface area contributed by atoms with Crippen LogP contribution < -0.4 is 20.1 Å². The third-order valence-corrected chi connectivity index (χ3v) is 5.78. The number of fused-ring (bicyclic) bond motifs is 2. The molecule has 7 heteroatoms. The molecular formula is C21H25N3O4. The summed E-state index contributed by atoms with van der Waals surface area (Å²) in [6, 6.07) is 7.72. The van der Waals surface area contributed by atoms with E-state index in [1.807, 2.05) is 6.07 Å². The number of amides is 1. The Morgan fingerprint density at radius 3 is 2.50 bits per heavy atom. The number of aromatic nitrogens is 1. The van der Waals surface area contributed by atoms with Crippen LogP contribution in [0.2, 0.25) is 0 Å². The molecule has 4 rings (SSSR count). The number of piperidine rings is 1. The summed E-state index contributed by atoms with van der Waals surface area (Å²) in [4.78, 5) is 17.9. The van der Waals surface area contributed by atoms with Gasteiger partial charge >= 0.3 is 0 Å². The second kappa shape index (κ2) is 7.31. The molecule has 1 saturated heterocycles. The number of ether oxygens (including phenoxy) is 3. The van der Waals surface area contributed by atoms with E-state index in [1.54, 1.807) is 20.3 Å². The Kier molecular flexibility index (Phi) is 4.85. The van der Waals surface area contributed by atoms with Crippen LogP contribution in [0.3, 0.4) is 0 Å². The number of hydrogen-bond acceptors (Lipinski definition) is 6. The number of primary amides is 1. The second-order valence-electron chi connectivity index (χ2n) is 7.21. The molecule has 2 aliphatic heterocycles. The van der Waals surface area contributed by atoms with Crippen molar-refractivity contribution < 1.29 is 19.0 Å². The van der Waals surface area contributed by atoms with Crippen molar-refractivity contribution in [2.24, 2.45) is 5.73 Å². The zero-order chi connectivity index (χ0) is 19.7. The van der Waals surface area contributed by atoms with Gasteiger partial charge in [0.15, 0.2) is 11.5 Å². The fourth-order valence-electron chi connectivity index (χ4n) is 4.22. The average Bonchev–Trinajstić information content (AvgIpc) is 2.74. The first kappa shape index (κ1) is 18.6. The summed E-state index contributed by atoms with van der Waals surface area (Å²) in [5.74, 6) is 1.88. The second-order valence-corrected chi connectivity index (χ2v) is 7.21. The average molecular weight is 383 g/mol. The Morgan fingerprint density at radius 1 is 1.18 bits per heavy atom. The first-order chi connectivity index (χ1) is 13.6. The summed E-state index contributed by atoms with van der Waals surface area (Å²) in [5.41, 5.74) is 7.87. The number of pyridine rings is 1. The highest BCUT2D eigenvalue weighted by Gasteiger charge is 2.41. The Labute approximate surface area is 164 Å². The van der Waals surface area contributed by atoms with Crippen molar-refractivity contribution in [1.82, 2.24) is 4.98 Å². The molecule has 1 aromatic carbocycles. The molecule has 0 saturated carbocycles. The van der Waals surface area contributed by atoms with Gasteiger partial charge in [-0.25, -0.2) is 4.98 Å². The monoisotopic (exact) mass is 383 g/mol. The largest absolute Gasteiger partial charge is 0.493 e. The van der Waals surface area contributed by atoms with Gasteiger partial charge in [0.1, 0.15) is 5.82 Å². The Hall–Kier alpha value is -2.80. The lowest BCUT2D eigenvalue weighted by Gasteiger charge is -2.45. The lowest BCUT2D eigenvalue weighted by atomic mass is 9.79. The molecule has 0 aliphatic carbocycles. The predicted molar refractivity (Wildman–Crippen MR) is 105 cm³/mol. The standard InChI is InChI=1S/C21H25N3O4/c1-26-17-11-14-5-10-28-21(16(14)12-18(17)27-2)6-8-24(9-7-21)19-4-3-15(13-23-19)20(22)25/h3-4,11-13H,5-10H2,1-2H3,(H2,22,25). The molecule has 7 nitrogen and oxygen atoms in total. The Balaban J connectivity index is 1.57. The molecule has 1 spiro atoms. The maximum atomic E-state index is 11.2. The highest BCUT2D eigenvalue weighted by atomic mass is 16.5. The lowest BCUT2D eigenvalue weighted by Crippen LogP contribution is -2.47. The van der Waals surface area contributed by atoms with Crippen LogP contribution in [0.15, 0.2) is 30.5 Å². The van der Waals surface area contributed by atoms with E-state index in [0.29, 0.717) is 12.2 Å². The maximum absolute atomic E-state index is 11.2. The zero-order valence-electron chi connectivity index (χ0n) is 16.2. The number of nitrogens with zero attached hydrogens (tertiary/aromatic N) is 2. The summed E-state index contributed by atoms with van der Waals surface area (Å²) in [5, 5.41) is 0. The number of methoxy groups -OCH3 is 2. The molecule has 0 radical (unpaired) electrons. The van der Waals surface area contributed by atoms with E-state index in [9.17, 15) is 4.79 Å². The summed E-state index contributed by atoms with van der Waals surface area (Å²) in [6.45, 7) is 2.33. The number of carbonyl (C=O) groups excluding carboxylic acids is 1. The highest BCUT2D eigenvalue weighted by Crippen LogP contribution is 2.45. The van der Waals surface area contributed by atoms with E-state index in [2.05, 4.69) is 22.0 Å². The quantitative estimate of drug-likeness (QED) is 0.872. The van der Waals surface area contributed by atoms with Gasteiger partial charge in [0.2, 0.25) is 5.91 Å². The van der Waals surface area contributed by atoms with Crippen LogP contribution in [0.1, 0.15) is 34.3 Å². The van der Waals surface area contributed by atoms with E-state index < -0.39 is 5.91 Å². The predicted octanol–water partition coefficient (Wildman–Crippen LogP) is 2.27. The lowest BCUT2D eigenvalue weighted by molar-refractivity contribution is -0.0768. The molecule has 1 fully saturated rings. The topological polar surface area (TPSA) is 86.9 Å². The van der Waals surface area contributed by atoms with Crippen LogP contribution >= 0.6 is 0 Å². The summed E-state index contributed by atoms with van der Waals surface area (Å²) in [7, 11) is 3.32. The molecule has 0 unspecified atom stereocenters. The molecule has 2 aromatic rings. The van der Waals surface area contributed by atoms with E-state index in [1.165, 1.54) is 17.3 Å². The first-order valence-corrected chi connectivity index (χ1v) is 9.46. The third-order valence-electron chi connectivity index (χ3n) is 5.78. The van der Waals surface area contributed by atoms with Crippen LogP contribution in [-0.2, 0) is 16.8 Å². The van der Waals surface area contributed by atoms with E-state index in [4.69, 9.17) is 19.9 Å². The number of nitrogens with two attached hydrogens (primary N) is 1. The number of anilines is 1. The number of benzene rings is 1. The first-order valence-electron chi connectivity index (χ1n) is 9.46. The van der Waals surface area contributed by atoms with E-state index in [0.717, 1.165) is 49.7 Å². The van der Waals surface area contributed by atoms with E-state index >= 15 is 0 Å². The minimum Gasteiger partial charge on any atom is -0.493 e. The summed E-state index contributed by atoms with van der Waals surface area (Å²) in [6.07, 6.45) is 4.12. The van der Waals surface area contributed by atoms with Crippen molar-refractivity contribution in [3.8, 4) is 11.5 Å². The van der Waals surface area contributed by atoms with Crippen molar-refractivity contribution in [1.29, 1.82) is 0 Å². The van der Waals surface area contributed by atoms with Crippen LogP contribution in [0.4, 0.5) is 5.82 Å². The minimum absolute atomic E-state index is 0.309. The van der Waals surface area contributed by atoms with Gasteiger partial charge in [-0.05, 0) is 54.7 Å². The fourth-order valence-corrected chi connectivity index (χ4v) is 4.22. The van der Waals surface area contributed by atoms with Crippen molar-refractivity contribution in [2.45, 2.75) is 24.9 Å². The SMILES string of the molecule is COc1cc2c(cc1OC)C1(CCN(c3ccc(C(N)=O)cn3)CC1)OCC2. The number of hydrogen-bond donors (Lipinski definition) is 1. The molecule has 28 heavy (non-hydrogen) atoms. The molecule has 2 aliphatic rings. The van der Waals surface area contributed by atoms with Crippen LogP contribution in [-0.4, -0.2) is 44.8 Å². The van der Waals surface area contributed by atoms with Gasteiger partial charge in [0.25, 0.3) is 0 Å². The molecule has 1 amide bonds. The Morgan fingerprint density at radius 2 is 1.89 bits per heavy atom. The van der Waals surface area contributed by atoms with Crippen LogP contribution in [0.5, 0.6) is 11.5 Å². The van der Waals surface area contributed by atoms with Crippen molar-refractivity contribution in [3.63, 3.8) is 0 Å². The van der Waals surface area contributed by atoms with Crippen molar-refractivity contribution in [2.75, 3.05) is 38.8 Å². The number of carbonyl (C=O) groups is 1. The van der Waals surface area contributed by atoms with Gasteiger partial charge in [-0.1, -0.05) is 0 Å². The minimum atomic E-state index is -0.465. The summed E-state index contributed by atoms with van der Waals surface area (Å²) >= 11 is 0. The molecule has 0 bridgehead atoms. The van der Waals surface area contributed by atoms with Gasteiger partial charge in [-0.3, -0.25) is 4.79 Å². The fraction of sp³-hybridized carbons (Fsp3) is 0.429. The smallest absolute Gasteiger partial charge is 0.250 e. The van der Waals surface area contributed by atoms with Gasteiger partial charge in [0, 0.05) is 19.3 Å². The molecule has 148 valence electrons. The molecule has 2 N–H and O–H groups in total. The van der Waals surface area contributed by atoms with Gasteiger partial charge in [0.05, 0.1) is 32.0 Å². The van der Waals surface area contributed by atoms with Crippen molar-refractivity contribution in [3.05, 3.63) is 47.2 Å².